The van der Waals surface area contributed by atoms with Crippen LogP contribution in [0.1, 0.15) is 43.6 Å². The molecular formula is C28H28FN7. The molecule has 1 saturated carbocycles. The van der Waals surface area contributed by atoms with E-state index in [0.29, 0.717) is 23.4 Å². The Morgan fingerprint density at radius 3 is 2.67 bits per heavy atom. The molecule has 182 valence electrons. The number of H-pyrrole nitrogens is 1. The minimum absolute atomic E-state index is 0.279. The number of anilines is 1. The van der Waals surface area contributed by atoms with Gasteiger partial charge in [-0.3, -0.25) is 4.98 Å². The van der Waals surface area contributed by atoms with Crippen molar-refractivity contribution in [3.05, 3.63) is 54.2 Å². The van der Waals surface area contributed by atoms with Gasteiger partial charge in [0.2, 0.25) is 0 Å². The van der Waals surface area contributed by atoms with E-state index in [9.17, 15) is 4.39 Å². The van der Waals surface area contributed by atoms with E-state index in [4.69, 9.17) is 9.97 Å². The van der Waals surface area contributed by atoms with E-state index in [2.05, 4.69) is 32.2 Å². The average Bonchev–Trinajstić information content (AvgIpc) is 3.25. The first-order chi connectivity index (χ1) is 17.7. The van der Waals surface area contributed by atoms with Crippen LogP contribution >= 0.6 is 0 Å². The summed E-state index contributed by atoms with van der Waals surface area (Å²) in [5, 5.41) is 6.21. The molecule has 0 bridgehead atoms. The van der Waals surface area contributed by atoms with E-state index in [1.54, 1.807) is 18.3 Å². The fourth-order valence-corrected chi connectivity index (χ4v) is 5.84. The highest BCUT2D eigenvalue weighted by atomic mass is 19.1. The van der Waals surface area contributed by atoms with Crippen molar-refractivity contribution in [2.75, 3.05) is 25.0 Å². The standard InChI is InChI=1S/C28H28FN7/c1-36(18-7-10-30-11-8-18)28-25-21(16-3-2-4-16)14-31-15-23(25)34-26(35-28)19-9-12-32-27-24(19)20-13-17(29)5-6-22(20)33-27/h5-6,9,12-16,18,30H,2-4,7-8,10-11H2,1H3,(H,32,33). The molecule has 0 atom stereocenters. The quantitative estimate of drug-likeness (QED) is 0.362. The Hall–Kier alpha value is -3.65. The number of fused-ring (bicyclic) bond motifs is 4. The Morgan fingerprint density at radius 2 is 1.86 bits per heavy atom. The van der Waals surface area contributed by atoms with Gasteiger partial charge < -0.3 is 15.2 Å². The highest BCUT2D eigenvalue weighted by molar-refractivity contribution is 6.12. The van der Waals surface area contributed by atoms with E-state index in [1.807, 2.05) is 18.5 Å². The van der Waals surface area contributed by atoms with Crippen LogP contribution in [0.2, 0.25) is 0 Å². The number of halogens is 1. The molecule has 1 aliphatic heterocycles. The van der Waals surface area contributed by atoms with Gasteiger partial charge in [0.25, 0.3) is 0 Å². The number of hydrogen-bond donors (Lipinski definition) is 2. The monoisotopic (exact) mass is 481 g/mol. The van der Waals surface area contributed by atoms with Crippen molar-refractivity contribution in [1.82, 2.24) is 30.2 Å². The first-order valence-corrected chi connectivity index (χ1v) is 12.8. The molecule has 36 heavy (non-hydrogen) atoms. The summed E-state index contributed by atoms with van der Waals surface area (Å²) in [6, 6.07) is 7.10. The Bertz CT molecular complexity index is 1600. The Balaban J connectivity index is 1.49. The third-order valence-electron chi connectivity index (χ3n) is 8.05. The molecule has 7 rings (SSSR count). The number of hydrogen-bond acceptors (Lipinski definition) is 6. The molecule has 0 amide bonds. The van der Waals surface area contributed by atoms with Gasteiger partial charge in [-0.2, -0.15) is 0 Å². The van der Waals surface area contributed by atoms with Crippen molar-refractivity contribution in [2.45, 2.75) is 44.1 Å². The fourth-order valence-electron chi connectivity index (χ4n) is 5.84. The molecule has 0 radical (unpaired) electrons. The summed E-state index contributed by atoms with van der Waals surface area (Å²) >= 11 is 0. The molecule has 1 aliphatic carbocycles. The van der Waals surface area contributed by atoms with E-state index in [0.717, 1.165) is 64.5 Å². The van der Waals surface area contributed by atoms with Crippen LogP contribution in [0.25, 0.3) is 44.2 Å². The van der Waals surface area contributed by atoms with Crippen LogP contribution in [0, 0.1) is 5.82 Å². The van der Waals surface area contributed by atoms with Crippen LogP contribution in [0.3, 0.4) is 0 Å². The number of rotatable bonds is 4. The lowest BCUT2D eigenvalue weighted by Crippen LogP contribution is -2.41. The molecule has 1 aromatic carbocycles. The van der Waals surface area contributed by atoms with Crippen LogP contribution in [-0.2, 0) is 0 Å². The maximum Gasteiger partial charge on any atom is 0.163 e. The molecule has 2 aliphatic rings. The van der Waals surface area contributed by atoms with E-state index >= 15 is 0 Å². The number of nitrogens with one attached hydrogen (secondary N) is 2. The number of aromatic amines is 1. The van der Waals surface area contributed by atoms with Crippen molar-refractivity contribution in [1.29, 1.82) is 0 Å². The van der Waals surface area contributed by atoms with Gasteiger partial charge in [0.05, 0.1) is 11.7 Å². The Labute approximate surface area is 208 Å². The van der Waals surface area contributed by atoms with Crippen LogP contribution in [0.5, 0.6) is 0 Å². The van der Waals surface area contributed by atoms with Gasteiger partial charge in [-0.05, 0) is 74.5 Å². The van der Waals surface area contributed by atoms with E-state index in [1.165, 1.54) is 30.9 Å². The topological polar surface area (TPSA) is 82.6 Å². The molecule has 5 aromatic rings. The zero-order chi connectivity index (χ0) is 24.2. The zero-order valence-corrected chi connectivity index (χ0v) is 20.3. The van der Waals surface area contributed by atoms with Gasteiger partial charge in [0.1, 0.15) is 17.3 Å². The molecule has 5 heterocycles. The van der Waals surface area contributed by atoms with Crippen molar-refractivity contribution in [3.8, 4) is 11.4 Å². The third-order valence-corrected chi connectivity index (χ3v) is 8.05. The van der Waals surface area contributed by atoms with Crippen molar-refractivity contribution < 1.29 is 4.39 Å². The predicted octanol–water partition coefficient (Wildman–Crippen LogP) is 5.32. The Kier molecular flexibility index (Phi) is 5.09. The molecule has 7 nitrogen and oxygen atoms in total. The van der Waals surface area contributed by atoms with Gasteiger partial charge in [0, 0.05) is 52.7 Å². The lowest BCUT2D eigenvalue weighted by Gasteiger charge is -2.34. The predicted molar refractivity (Wildman–Crippen MR) is 141 cm³/mol. The molecular weight excluding hydrogens is 453 g/mol. The van der Waals surface area contributed by atoms with Crippen LogP contribution < -0.4 is 10.2 Å². The normalized spacial score (nSPS) is 17.2. The number of pyridine rings is 2. The third kappa shape index (κ3) is 3.43. The van der Waals surface area contributed by atoms with Gasteiger partial charge >= 0.3 is 0 Å². The maximum absolute atomic E-state index is 14.2. The molecule has 2 fully saturated rings. The largest absolute Gasteiger partial charge is 0.356 e. The van der Waals surface area contributed by atoms with Crippen LogP contribution in [-0.4, -0.2) is 51.1 Å². The van der Waals surface area contributed by atoms with Gasteiger partial charge in [-0.1, -0.05) is 6.42 Å². The molecule has 0 unspecified atom stereocenters. The second-order valence-electron chi connectivity index (χ2n) is 10.1. The summed E-state index contributed by atoms with van der Waals surface area (Å²) in [4.78, 5) is 25.1. The second-order valence-corrected chi connectivity index (χ2v) is 10.1. The fraction of sp³-hybridized carbons (Fsp3) is 0.357. The summed E-state index contributed by atoms with van der Waals surface area (Å²) < 4.78 is 14.2. The van der Waals surface area contributed by atoms with Crippen molar-refractivity contribution in [3.63, 3.8) is 0 Å². The van der Waals surface area contributed by atoms with Crippen molar-refractivity contribution >= 4 is 38.7 Å². The second kappa shape index (κ2) is 8.48. The summed E-state index contributed by atoms with van der Waals surface area (Å²) in [5.41, 5.74) is 4.50. The Morgan fingerprint density at radius 1 is 1.00 bits per heavy atom. The van der Waals surface area contributed by atoms with Crippen LogP contribution in [0.4, 0.5) is 10.2 Å². The van der Waals surface area contributed by atoms with Crippen LogP contribution in [0.15, 0.2) is 42.9 Å². The number of aromatic nitrogens is 5. The highest BCUT2D eigenvalue weighted by Crippen LogP contribution is 2.43. The number of nitrogens with zero attached hydrogens (tertiary/aromatic N) is 5. The lowest BCUT2D eigenvalue weighted by molar-refractivity contribution is 0.421. The highest BCUT2D eigenvalue weighted by Gasteiger charge is 2.28. The average molecular weight is 482 g/mol. The van der Waals surface area contributed by atoms with Gasteiger partial charge in [-0.25, -0.2) is 19.3 Å². The number of piperidine rings is 1. The first kappa shape index (κ1) is 21.6. The van der Waals surface area contributed by atoms with E-state index < -0.39 is 0 Å². The SMILES string of the molecule is CN(c1nc(-c2ccnc3[nH]c4ccc(F)cc4c23)nc2cncc(C3CCC3)c12)C1CCNCC1. The smallest absolute Gasteiger partial charge is 0.163 e. The summed E-state index contributed by atoms with van der Waals surface area (Å²) in [7, 11) is 2.16. The molecule has 8 heteroatoms. The maximum atomic E-state index is 14.2. The lowest BCUT2D eigenvalue weighted by atomic mass is 9.79. The first-order valence-electron chi connectivity index (χ1n) is 12.8. The minimum atomic E-state index is -0.279. The van der Waals surface area contributed by atoms with E-state index in [-0.39, 0.29) is 5.82 Å². The summed E-state index contributed by atoms with van der Waals surface area (Å²) in [6.45, 7) is 2.02. The molecule has 0 spiro atoms. The summed E-state index contributed by atoms with van der Waals surface area (Å²) in [6.07, 6.45) is 11.4. The zero-order valence-electron chi connectivity index (χ0n) is 20.3. The van der Waals surface area contributed by atoms with Gasteiger partial charge in [-0.15, -0.1) is 0 Å². The molecule has 2 N–H and O–H groups in total. The van der Waals surface area contributed by atoms with Gasteiger partial charge in [0.15, 0.2) is 5.82 Å². The minimum Gasteiger partial charge on any atom is -0.356 e. The molecule has 4 aromatic heterocycles. The summed E-state index contributed by atoms with van der Waals surface area (Å²) in [5.74, 6) is 1.81. The van der Waals surface area contributed by atoms with Crippen molar-refractivity contribution in [2.24, 2.45) is 0 Å². The number of benzene rings is 1. The molecule has 1 saturated heterocycles.